The summed E-state index contributed by atoms with van der Waals surface area (Å²) in [5.74, 6) is 0. The smallest absolute Gasteiger partial charge is 0.129 e. The molecule has 0 aromatic carbocycles. The predicted molar refractivity (Wildman–Crippen MR) is 55.5 cm³/mol. The van der Waals surface area contributed by atoms with Crippen molar-refractivity contribution in [2.75, 3.05) is 0 Å². The molecule has 2 heterocycles. The third-order valence-electron chi connectivity index (χ3n) is 2.02. The summed E-state index contributed by atoms with van der Waals surface area (Å²) < 4.78 is 6.31. The van der Waals surface area contributed by atoms with E-state index in [-0.39, 0.29) is 4.83 Å². The van der Waals surface area contributed by atoms with Gasteiger partial charge >= 0.3 is 0 Å². The molecule has 0 aliphatic rings. The highest BCUT2D eigenvalue weighted by Gasteiger charge is 2.09. The van der Waals surface area contributed by atoms with Crippen LogP contribution in [0.4, 0.5) is 0 Å². The summed E-state index contributed by atoms with van der Waals surface area (Å²) >= 11 is 3.43. The van der Waals surface area contributed by atoms with Gasteiger partial charge in [0.1, 0.15) is 11.4 Å². The number of hydrogen-bond donors (Lipinski definition) is 0. The zero-order chi connectivity index (χ0) is 10.8. The molecule has 0 radical (unpaired) electrons. The van der Waals surface area contributed by atoms with Crippen LogP contribution >= 0.6 is 15.9 Å². The highest BCUT2D eigenvalue weighted by molar-refractivity contribution is 9.09. The molecular formula is C8H10BrN5O. The molecule has 15 heavy (non-hydrogen) atoms. The largest absolute Gasteiger partial charge is 0.246 e. The second-order valence-corrected chi connectivity index (χ2v) is 4.63. The van der Waals surface area contributed by atoms with Gasteiger partial charge in [0.15, 0.2) is 0 Å². The second-order valence-electron chi connectivity index (χ2n) is 3.25. The van der Waals surface area contributed by atoms with Crippen LogP contribution in [0.3, 0.4) is 0 Å². The summed E-state index contributed by atoms with van der Waals surface area (Å²) in [4.78, 5) is 0.197. The first-order chi connectivity index (χ1) is 7.16. The fraction of sp³-hybridized carbons (Fsp3) is 0.500. The lowest BCUT2D eigenvalue weighted by Crippen LogP contribution is -2.02. The van der Waals surface area contributed by atoms with Crippen LogP contribution < -0.4 is 0 Å². The highest BCUT2D eigenvalue weighted by atomic mass is 79.9. The Bertz CT molecular complexity index is 449. The lowest BCUT2D eigenvalue weighted by atomic mass is 10.3. The molecule has 0 amide bonds. The van der Waals surface area contributed by atoms with Crippen LogP contribution in [-0.4, -0.2) is 25.3 Å². The van der Waals surface area contributed by atoms with Crippen molar-refractivity contribution in [1.82, 2.24) is 25.3 Å². The van der Waals surface area contributed by atoms with E-state index < -0.39 is 0 Å². The Morgan fingerprint density at radius 1 is 1.53 bits per heavy atom. The van der Waals surface area contributed by atoms with Gasteiger partial charge in [0.25, 0.3) is 0 Å². The maximum Gasteiger partial charge on any atom is 0.129 e. The van der Waals surface area contributed by atoms with Gasteiger partial charge < -0.3 is 0 Å². The van der Waals surface area contributed by atoms with E-state index in [4.69, 9.17) is 0 Å². The van der Waals surface area contributed by atoms with Crippen molar-refractivity contribution in [3.63, 3.8) is 0 Å². The Balaban J connectivity index is 2.15. The van der Waals surface area contributed by atoms with Crippen molar-refractivity contribution >= 4 is 15.9 Å². The van der Waals surface area contributed by atoms with Gasteiger partial charge in [-0.1, -0.05) is 31.5 Å². The molecule has 0 fully saturated rings. The number of halogens is 1. The van der Waals surface area contributed by atoms with Crippen LogP contribution in [0.1, 0.15) is 28.8 Å². The zero-order valence-electron chi connectivity index (χ0n) is 8.38. The molecule has 0 bridgehead atoms. The van der Waals surface area contributed by atoms with Gasteiger partial charge in [-0.05, 0) is 13.8 Å². The molecule has 7 heteroatoms. The maximum absolute atomic E-state index is 4.60. The minimum absolute atomic E-state index is 0.197. The maximum atomic E-state index is 4.60. The minimum atomic E-state index is 0.197. The standard InChI is InChI=1S/C8H10BrN5O/c1-5(9)7-3-14(13-10-7)4-8-6(2)11-15-12-8/h3,5H,4H2,1-2H3. The van der Waals surface area contributed by atoms with Crippen LogP contribution in [0.5, 0.6) is 0 Å². The normalized spacial score (nSPS) is 13.0. The summed E-state index contributed by atoms with van der Waals surface area (Å²) in [7, 11) is 0. The van der Waals surface area contributed by atoms with E-state index in [0.29, 0.717) is 6.54 Å². The van der Waals surface area contributed by atoms with Crippen LogP contribution in [0.15, 0.2) is 10.8 Å². The Labute approximate surface area is 94.7 Å². The minimum Gasteiger partial charge on any atom is -0.246 e. The molecule has 2 aromatic heterocycles. The van der Waals surface area contributed by atoms with Gasteiger partial charge in [0.05, 0.1) is 23.3 Å². The first-order valence-corrected chi connectivity index (χ1v) is 5.40. The topological polar surface area (TPSA) is 69.6 Å². The molecule has 0 saturated carbocycles. The van der Waals surface area contributed by atoms with E-state index in [1.54, 1.807) is 4.68 Å². The second kappa shape index (κ2) is 4.09. The highest BCUT2D eigenvalue weighted by Crippen LogP contribution is 2.18. The predicted octanol–water partition coefficient (Wildman–Crippen LogP) is 1.47. The number of hydrogen-bond acceptors (Lipinski definition) is 5. The van der Waals surface area contributed by atoms with E-state index in [1.165, 1.54) is 0 Å². The fourth-order valence-electron chi connectivity index (χ4n) is 1.12. The molecule has 0 N–H and O–H groups in total. The molecule has 1 unspecified atom stereocenters. The van der Waals surface area contributed by atoms with E-state index in [2.05, 4.69) is 41.2 Å². The molecule has 80 valence electrons. The average molecular weight is 272 g/mol. The van der Waals surface area contributed by atoms with E-state index >= 15 is 0 Å². The van der Waals surface area contributed by atoms with Crippen molar-refractivity contribution in [1.29, 1.82) is 0 Å². The molecule has 2 aromatic rings. The first-order valence-electron chi connectivity index (χ1n) is 4.49. The number of aromatic nitrogens is 5. The Morgan fingerprint density at radius 2 is 2.33 bits per heavy atom. The average Bonchev–Trinajstić information content (AvgIpc) is 2.77. The van der Waals surface area contributed by atoms with Gasteiger partial charge in [-0.2, -0.15) is 0 Å². The Kier molecular flexibility index (Phi) is 2.81. The van der Waals surface area contributed by atoms with E-state index in [1.807, 2.05) is 20.0 Å². The molecule has 0 spiro atoms. The number of alkyl halides is 1. The lowest BCUT2D eigenvalue weighted by molar-refractivity contribution is 0.300. The zero-order valence-corrected chi connectivity index (χ0v) is 9.97. The summed E-state index contributed by atoms with van der Waals surface area (Å²) in [5.41, 5.74) is 2.44. The molecule has 0 saturated heterocycles. The summed E-state index contributed by atoms with van der Waals surface area (Å²) in [6, 6.07) is 0. The van der Waals surface area contributed by atoms with Crippen LogP contribution in [0.2, 0.25) is 0 Å². The molecule has 1 atom stereocenters. The van der Waals surface area contributed by atoms with Crippen molar-refractivity contribution in [2.45, 2.75) is 25.2 Å². The van der Waals surface area contributed by atoms with Crippen molar-refractivity contribution < 1.29 is 4.63 Å². The van der Waals surface area contributed by atoms with E-state index in [9.17, 15) is 0 Å². The van der Waals surface area contributed by atoms with Crippen molar-refractivity contribution in [2.24, 2.45) is 0 Å². The SMILES string of the molecule is Cc1nonc1Cn1cc(C(C)Br)nn1. The Morgan fingerprint density at radius 3 is 2.87 bits per heavy atom. The van der Waals surface area contributed by atoms with Gasteiger partial charge in [0.2, 0.25) is 0 Å². The third kappa shape index (κ3) is 2.23. The number of nitrogens with zero attached hydrogens (tertiary/aromatic N) is 5. The van der Waals surface area contributed by atoms with Crippen molar-refractivity contribution in [3.05, 3.63) is 23.3 Å². The van der Waals surface area contributed by atoms with Gasteiger partial charge in [0, 0.05) is 0 Å². The van der Waals surface area contributed by atoms with Gasteiger partial charge in [-0.3, -0.25) is 0 Å². The fourth-order valence-corrected chi connectivity index (χ4v) is 1.33. The van der Waals surface area contributed by atoms with Gasteiger partial charge in [-0.15, -0.1) is 5.10 Å². The third-order valence-corrected chi connectivity index (χ3v) is 2.49. The van der Waals surface area contributed by atoms with Crippen molar-refractivity contribution in [3.8, 4) is 0 Å². The number of rotatable bonds is 3. The summed E-state index contributed by atoms with van der Waals surface area (Å²) in [6.45, 7) is 4.37. The molecule has 6 nitrogen and oxygen atoms in total. The number of aryl methyl sites for hydroxylation is 1. The van der Waals surface area contributed by atoms with Crippen LogP contribution in [0, 0.1) is 6.92 Å². The molecule has 0 aliphatic carbocycles. The monoisotopic (exact) mass is 271 g/mol. The lowest BCUT2D eigenvalue weighted by Gasteiger charge is -1.95. The Hall–Kier alpha value is -1.24. The summed E-state index contributed by atoms with van der Waals surface area (Å²) in [6.07, 6.45) is 1.87. The van der Waals surface area contributed by atoms with E-state index in [0.717, 1.165) is 17.1 Å². The molecule has 0 aliphatic heterocycles. The van der Waals surface area contributed by atoms with Crippen LogP contribution in [-0.2, 0) is 6.54 Å². The first kappa shape index (κ1) is 10.3. The quantitative estimate of drug-likeness (QED) is 0.791. The molecular weight excluding hydrogens is 262 g/mol. The van der Waals surface area contributed by atoms with Gasteiger partial charge in [-0.25, -0.2) is 9.31 Å². The molecule has 2 rings (SSSR count). The summed E-state index contributed by atoms with van der Waals surface area (Å²) in [5, 5.41) is 15.5. The van der Waals surface area contributed by atoms with Crippen LogP contribution in [0.25, 0.3) is 0 Å².